The topological polar surface area (TPSA) is 56.7 Å². The van der Waals surface area contributed by atoms with E-state index in [9.17, 15) is 4.79 Å². The molecule has 1 aliphatic carbocycles. The molecule has 0 bridgehead atoms. The smallest absolute Gasteiger partial charge is 0.253 e. The van der Waals surface area contributed by atoms with Crippen molar-refractivity contribution in [2.75, 3.05) is 26.7 Å². The molecule has 0 atom stereocenters. The van der Waals surface area contributed by atoms with E-state index in [2.05, 4.69) is 46.0 Å². The number of hydrogen-bond donors (Lipinski definition) is 2. The standard InChI is InChI=1S/C26H34N4O/c1-27-25(29-20-26(15-8-16-26)23-9-4-2-5-10-23)28-19-21-11-13-22(14-12-21)24(31)30-17-6-3-7-18-30/h2,4-5,9-14H,3,6-8,15-20H2,1H3,(H2,27,28,29). The Morgan fingerprint density at radius 1 is 0.935 bits per heavy atom. The van der Waals surface area contributed by atoms with Crippen LogP contribution in [-0.2, 0) is 12.0 Å². The first-order chi connectivity index (χ1) is 15.2. The summed E-state index contributed by atoms with van der Waals surface area (Å²) in [6.07, 6.45) is 7.18. The fraction of sp³-hybridized carbons (Fsp3) is 0.462. The zero-order valence-corrected chi connectivity index (χ0v) is 18.6. The van der Waals surface area contributed by atoms with Gasteiger partial charge in [-0.1, -0.05) is 48.9 Å². The van der Waals surface area contributed by atoms with E-state index in [1.165, 1.54) is 31.2 Å². The molecule has 0 spiro atoms. The summed E-state index contributed by atoms with van der Waals surface area (Å²) in [6.45, 7) is 3.33. The lowest BCUT2D eigenvalue weighted by atomic mass is 9.64. The molecule has 5 nitrogen and oxygen atoms in total. The van der Waals surface area contributed by atoms with Gasteiger partial charge in [-0.2, -0.15) is 0 Å². The zero-order valence-electron chi connectivity index (χ0n) is 18.6. The summed E-state index contributed by atoms with van der Waals surface area (Å²) in [5.41, 5.74) is 3.55. The molecular formula is C26H34N4O. The Hall–Kier alpha value is -2.82. The van der Waals surface area contributed by atoms with Crippen LogP contribution in [0.4, 0.5) is 0 Å². The minimum absolute atomic E-state index is 0.156. The van der Waals surface area contributed by atoms with Gasteiger partial charge in [-0.3, -0.25) is 9.79 Å². The van der Waals surface area contributed by atoms with Crippen molar-refractivity contribution in [3.8, 4) is 0 Å². The summed E-state index contributed by atoms with van der Waals surface area (Å²) >= 11 is 0. The van der Waals surface area contributed by atoms with Gasteiger partial charge in [0.1, 0.15) is 0 Å². The van der Waals surface area contributed by atoms with Gasteiger partial charge in [-0.05, 0) is 55.4 Å². The first kappa shape index (κ1) is 21.4. The van der Waals surface area contributed by atoms with Crippen molar-refractivity contribution in [2.45, 2.75) is 50.5 Å². The van der Waals surface area contributed by atoms with Crippen molar-refractivity contribution in [2.24, 2.45) is 4.99 Å². The van der Waals surface area contributed by atoms with Gasteiger partial charge in [-0.25, -0.2) is 0 Å². The largest absolute Gasteiger partial charge is 0.356 e. The Balaban J connectivity index is 1.29. The summed E-state index contributed by atoms with van der Waals surface area (Å²) in [6, 6.07) is 18.8. The van der Waals surface area contributed by atoms with Crippen LogP contribution >= 0.6 is 0 Å². The van der Waals surface area contributed by atoms with Crippen molar-refractivity contribution in [3.63, 3.8) is 0 Å². The van der Waals surface area contributed by atoms with Crippen LogP contribution in [0.2, 0.25) is 0 Å². The minimum Gasteiger partial charge on any atom is -0.356 e. The maximum absolute atomic E-state index is 12.6. The summed E-state index contributed by atoms with van der Waals surface area (Å²) in [4.78, 5) is 19.0. The van der Waals surface area contributed by atoms with Gasteiger partial charge in [-0.15, -0.1) is 0 Å². The highest BCUT2D eigenvalue weighted by Gasteiger charge is 2.38. The van der Waals surface area contributed by atoms with Crippen LogP contribution in [0.5, 0.6) is 0 Å². The van der Waals surface area contributed by atoms with Crippen LogP contribution in [-0.4, -0.2) is 43.4 Å². The molecule has 2 aliphatic rings. The Kier molecular flexibility index (Phi) is 6.90. The zero-order chi connectivity index (χ0) is 21.5. The Labute approximate surface area is 186 Å². The van der Waals surface area contributed by atoms with Crippen LogP contribution in [0, 0.1) is 0 Å². The Morgan fingerprint density at radius 2 is 1.65 bits per heavy atom. The summed E-state index contributed by atoms with van der Waals surface area (Å²) < 4.78 is 0. The Morgan fingerprint density at radius 3 is 2.26 bits per heavy atom. The van der Waals surface area contributed by atoms with Crippen molar-refractivity contribution in [1.82, 2.24) is 15.5 Å². The molecule has 2 N–H and O–H groups in total. The van der Waals surface area contributed by atoms with Crippen molar-refractivity contribution < 1.29 is 4.79 Å². The molecule has 2 aromatic rings. The number of hydrogen-bond acceptors (Lipinski definition) is 2. The molecule has 1 saturated carbocycles. The molecule has 0 radical (unpaired) electrons. The number of nitrogens with one attached hydrogen (secondary N) is 2. The lowest BCUT2D eigenvalue weighted by molar-refractivity contribution is 0.0724. The average molecular weight is 419 g/mol. The van der Waals surface area contributed by atoms with Gasteiger partial charge in [0, 0.05) is 44.2 Å². The molecule has 4 rings (SSSR count). The van der Waals surface area contributed by atoms with E-state index in [0.717, 1.165) is 49.6 Å². The minimum atomic E-state index is 0.156. The molecule has 1 heterocycles. The SMILES string of the molecule is CN=C(NCc1ccc(C(=O)N2CCCCC2)cc1)NCC1(c2ccccc2)CCC1. The Bertz CT molecular complexity index is 881. The molecular weight excluding hydrogens is 384 g/mol. The van der Waals surface area contributed by atoms with Crippen LogP contribution < -0.4 is 10.6 Å². The average Bonchev–Trinajstić information content (AvgIpc) is 2.81. The monoisotopic (exact) mass is 418 g/mol. The molecule has 2 fully saturated rings. The molecule has 1 amide bonds. The number of benzene rings is 2. The molecule has 1 saturated heterocycles. The predicted molar refractivity (Wildman–Crippen MR) is 126 cm³/mol. The van der Waals surface area contributed by atoms with Gasteiger partial charge in [0.05, 0.1) is 0 Å². The molecule has 164 valence electrons. The molecule has 2 aromatic carbocycles. The highest BCUT2D eigenvalue weighted by atomic mass is 16.2. The van der Waals surface area contributed by atoms with Gasteiger partial charge >= 0.3 is 0 Å². The fourth-order valence-corrected chi connectivity index (χ4v) is 4.67. The number of carbonyl (C=O) groups excluding carboxylic acids is 1. The molecule has 1 aliphatic heterocycles. The normalized spacial score (nSPS) is 18.2. The van der Waals surface area contributed by atoms with Gasteiger partial charge in [0.25, 0.3) is 5.91 Å². The maximum Gasteiger partial charge on any atom is 0.253 e. The fourth-order valence-electron chi connectivity index (χ4n) is 4.67. The quantitative estimate of drug-likeness (QED) is 0.549. The number of likely N-dealkylation sites (tertiary alicyclic amines) is 1. The van der Waals surface area contributed by atoms with Gasteiger partial charge in [0.2, 0.25) is 0 Å². The van der Waals surface area contributed by atoms with E-state index in [-0.39, 0.29) is 11.3 Å². The third-order valence-corrected chi connectivity index (χ3v) is 6.82. The van der Waals surface area contributed by atoms with Crippen molar-refractivity contribution in [1.29, 1.82) is 0 Å². The first-order valence-electron chi connectivity index (χ1n) is 11.6. The third-order valence-electron chi connectivity index (χ3n) is 6.82. The number of carbonyl (C=O) groups is 1. The highest BCUT2D eigenvalue weighted by Crippen LogP contribution is 2.43. The van der Waals surface area contributed by atoms with E-state index < -0.39 is 0 Å². The number of rotatable bonds is 6. The van der Waals surface area contributed by atoms with E-state index in [0.29, 0.717) is 6.54 Å². The summed E-state index contributed by atoms with van der Waals surface area (Å²) in [7, 11) is 1.81. The lowest BCUT2D eigenvalue weighted by Crippen LogP contribution is -2.48. The van der Waals surface area contributed by atoms with E-state index in [1.54, 1.807) is 0 Å². The van der Waals surface area contributed by atoms with Crippen molar-refractivity contribution in [3.05, 3.63) is 71.3 Å². The van der Waals surface area contributed by atoms with Crippen molar-refractivity contribution >= 4 is 11.9 Å². The van der Waals surface area contributed by atoms with Crippen LogP contribution in [0.3, 0.4) is 0 Å². The first-order valence-corrected chi connectivity index (χ1v) is 11.6. The molecule has 31 heavy (non-hydrogen) atoms. The summed E-state index contributed by atoms with van der Waals surface area (Å²) in [5.74, 6) is 0.971. The number of amides is 1. The molecule has 5 heteroatoms. The second-order valence-corrected chi connectivity index (χ2v) is 8.83. The number of guanidine groups is 1. The van der Waals surface area contributed by atoms with Crippen LogP contribution in [0.1, 0.15) is 60.0 Å². The van der Waals surface area contributed by atoms with Gasteiger partial charge in [0.15, 0.2) is 5.96 Å². The maximum atomic E-state index is 12.6. The second-order valence-electron chi connectivity index (χ2n) is 8.83. The van der Waals surface area contributed by atoms with E-state index in [1.807, 2.05) is 36.2 Å². The van der Waals surface area contributed by atoms with Crippen LogP contribution in [0.25, 0.3) is 0 Å². The summed E-state index contributed by atoms with van der Waals surface area (Å²) in [5, 5.41) is 6.95. The van der Waals surface area contributed by atoms with Crippen LogP contribution in [0.15, 0.2) is 59.6 Å². The number of aliphatic imine (C=N–C) groups is 1. The number of piperidine rings is 1. The second kappa shape index (κ2) is 9.99. The van der Waals surface area contributed by atoms with Gasteiger partial charge < -0.3 is 15.5 Å². The van der Waals surface area contributed by atoms with E-state index in [4.69, 9.17) is 0 Å². The third kappa shape index (κ3) is 5.09. The molecule has 0 aromatic heterocycles. The number of nitrogens with zero attached hydrogens (tertiary/aromatic N) is 2. The highest BCUT2D eigenvalue weighted by molar-refractivity contribution is 5.94. The molecule has 0 unspecified atom stereocenters. The predicted octanol–water partition coefficient (Wildman–Crippen LogP) is 4.10. The lowest BCUT2D eigenvalue weighted by Gasteiger charge is -2.43. The van der Waals surface area contributed by atoms with E-state index >= 15 is 0 Å².